The van der Waals surface area contributed by atoms with Crippen LogP contribution in [0.2, 0.25) is 5.15 Å². The number of aryl methyl sites for hydroxylation is 1. The van der Waals surface area contributed by atoms with Crippen molar-refractivity contribution in [3.8, 4) is 0 Å². The molecule has 1 unspecified atom stereocenters. The highest BCUT2D eigenvalue weighted by atomic mass is 35.5. The number of anilines is 1. The van der Waals surface area contributed by atoms with Crippen LogP contribution >= 0.6 is 11.6 Å². The van der Waals surface area contributed by atoms with Crippen molar-refractivity contribution in [3.05, 3.63) is 22.8 Å². The van der Waals surface area contributed by atoms with Crippen LogP contribution in [0, 0.1) is 0 Å². The van der Waals surface area contributed by atoms with E-state index in [0.717, 1.165) is 30.6 Å². The Bertz CT molecular complexity index is 437. The molecule has 1 aromatic heterocycles. The lowest BCUT2D eigenvalue weighted by Crippen LogP contribution is -2.24. The number of carbonyl (C=O) groups is 1. The van der Waals surface area contributed by atoms with Gasteiger partial charge in [-0.3, -0.25) is 4.79 Å². The molecule has 1 aromatic rings. The predicted octanol–water partition coefficient (Wildman–Crippen LogP) is 2.81. The lowest BCUT2D eigenvalue weighted by molar-refractivity contribution is -0.143. The predicted molar refractivity (Wildman–Crippen MR) is 70.8 cm³/mol. The molecule has 2 rings (SSSR count). The Morgan fingerprint density at radius 1 is 1.61 bits per heavy atom. The van der Waals surface area contributed by atoms with Gasteiger partial charge in [0.1, 0.15) is 11.0 Å². The Morgan fingerprint density at radius 2 is 2.44 bits per heavy atom. The molecule has 1 aliphatic heterocycles. The minimum absolute atomic E-state index is 0.0799. The van der Waals surface area contributed by atoms with Crippen LogP contribution in [0.5, 0.6) is 0 Å². The molecule has 98 valence electrons. The molecule has 0 radical (unpaired) electrons. The van der Waals surface area contributed by atoms with Gasteiger partial charge >= 0.3 is 5.97 Å². The van der Waals surface area contributed by atoms with Crippen LogP contribution in [0.1, 0.15) is 31.7 Å². The minimum atomic E-state index is -0.166. The largest absolute Gasteiger partial charge is 0.466 e. The number of esters is 1. The lowest BCUT2D eigenvalue weighted by atomic mass is 10.1. The number of hydrogen-bond acceptors (Lipinski definition) is 4. The zero-order chi connectivity index (χ0) is 13.0. The second-order valence-corrected chi connectivity index (χ2v) is 4.77. The number of fused-ring (bicyclic) bond motifs is 1. The van der Waals surface area contributed by atoms with E-state index in [2.05, 4.69) is 10.3 Å². The van der Waals surface area contributed by atoms with Gasteiger partial charge in [-0.2, -0.15) is 0 Å². The Hall–Kier alpha value is -1.29. The van der Waals surface area contributed by atoms with Gasteiger partial charge in [-0.1, -0.05) is 17.7 Å². The van der Waals surface area contributed by atoms with Crippen LogP contribution in [0.3, 0.4) is 0 Å². The average Bonchev–Trinajstić information content (AvgIpc) is 2.50. The van der Waals surface area contributed by atoms with Gasteiger partial charge in [0.25, 0.3) is 0 Å². The molecule has 0 bridgehead atoms. The highest BCUT2D eigenvalue weighted by molar-refractivity contribution is 6.29. The van der Waals surface area contributed by atoms with Gasteiger partial charge in [-0.25, -0.2) is 4.98 Å². The summed E-state index contributed by atoms with van der Waals surface area (Å²) >= 11 is 5.89. The number of rotatable bonds is 3. The summed E-state index contributed by atoms with van der Waals surface area (Å²) in [6.45, 7) is 2.24. The molecular weight excluding hydrogens is 252 g/mol. The summed E-state index contributed by atoms with van der Waals surface area (Å²) in [5.41, 5.74) is 1.16. The first-order valence-electron chi connectivity index (χ1n) is 6.26. The van der Waals surface area contributed by atoms with Crippen molar-refractivity contribution in [2.24, 2.45) is 0 Å². The molecule has 0 amide bonds. The fraction of sp³-hybridized carbons (Fsp3) is 0.538. The molecule has 18 heavy (non-hydrogen) atoms. The summed E-state index contributed by atoms with van der Waals surface area (Å²) < 4.78 is 4.97. The second-order valence-electron chi connectivity index (χ2n) is 4.38. The first-order chi connectivity index (χ1) is 8.69. The van der Waals surface area contributed by atoms with E-state index in [1.807, 2.05) is 13.0 Å². The molecule has 0 fully saturated rings. The van der Waals surface area contributed by atoms with Crippen LogP contribution in [0.25, 0.3) is 0 Å². The molecule has 0 aliphatic carbocycles. The minimum Gasteiger partial charge on any atom is -0.466 e. The van der Waals surface area contributed by atoms with Gasteiger partial charge in [-0.05, 0) is 37.8 Å². The standard InChI is InChI=1S/C13H17ClN2O2/c1-2-18-12(17)8-10-5-3-4-9-6-7-11(14)16-13(9)15-10/h6-7,10H,2-5,8H2,1H3,(H,15,16). The maximum Gasteiger partial charge on any atom is 0.307 e. The van der Waals surface area contributed by atoms with Crippen molar-refractivity contribution in [1.82, 2.24) is 4.98 Å². The molecule has 0 saturated heterocycles. The summed E-state index contributed by atoms with van der Waals surface area (Å²) in [7, 11) is 0. The molecule has 0 spiro atoms. The Balaban J connectivity index is 2.06. The maximum absolute atomic E-state index is 11.5. The summed E-state index contributed by atoms with van der Waals surface area (Å²) in [6, 6.07) is 3.87. The SMILES string of the molecule is CCOC(=O)CC1CCCc2ccc(Cl)nc2N1. The van der Waals surface area contributed by atoms with Crippen molar-refractivity contribution in [3.63, 3.8) is 0 Å². The van der Waals surface area contributed by atoms with Crippen molar-refractivity contribution >= 4 is 23.4 Å². The van der Waals surface area contributed by atoms with E-state index < -0.39 is 0 Å². The Morgan fingerprint density at radius 3 is 3.22 bits per heavy atom. The van der Waals surface area contributed by atoms with Gasteiger partial charge < -0.3 is 10.1 Å². The van der Waals surface area contributed by atoms with E-state index in [4.69, 9.17) is 16.3 Å². The third kappa shape index (κ3) is 3.35. The van der Waals surface area contributed by atoms with Crippen LogP contribution < -0.4 is 5.32 Å². The molecule has 4 nitrogen and oxygen atoms in total. The zero-order valence-corrected chi connectivity index (χ0v) is 11.2. The molecule has 5 heteroatoms. The normalized spacial score (nSPS) is 18.4. The monoisotopic (exact) mass is 268 g/mol. The smallest absolute Gasteiger partial charge is 0.307 e. The number of carbonyl (C=O) groups excluding carboxylic acids is 1. The molecule has 1 atom stereocenters. The summed E-state index contributed by atoms with van der Waals surface area (Å²) in [5, 5.41) is 3.76. The van der Waals surface area contributed by atoms with Gasteiger partial charge in [-0.15, -0.1) is 0 Å². The Kier molecular flexibility index (Phi) is 4.42. The van der Waals surface area contributed by atoms with Crippen molar-refractivity contribution in [2.45, 2.75) is 38.6 Å². The zero-order valence-electron chi connectivity index (χ0n) is 10.4. The second kappa shape index (κ2) is 6.05. The van der Waals surface area contributed by atoms with Crippen LogP contribution in [-0.4, -0.2) is 23.6 Å². The fourth-order valence-electron chi connectivity index (χ4n) is 2.17. The van der Waals surface area contributed by atoms with Crippen molar-refractivity contribution < 1.29 is 9.53 Å². The third-order valence-corrected chi connectivity index (χ3v) is 3.21. The fourth-order valence-corrected chi connectivity index (χ4v) is 2.32. The lowest BCUT2D eigenvalue weighted by Gasteiger charge is -2.16. The van der Waals surface area contributed by atoms with Crippen molar-refractivity contribution in [2.75, 3.05) is 11.9 Å². The highest BCUT2D eigenvalue weighted by Crippen LogP contribution is 2.25. The number of nitrogens with zero attached hydrogens (tertiary/aromatic N) is 1. The molecule has 0 aromatic carbocycles. The van der Waals surface area contributed by atoms with Gasteiger partial charge in [0.15, 0.2) is 0 Å². The summed E-state index contributed by atoms with van der Waals surface area (Å²) in [6.07, 6.45) is 3.31. The quantitative estimate of drug-likeness (QED) is 0.677. The average molecular weight is 269 g/mol. The van der Waals surface area contributed by atoms with E-state index in [0.29, 0.717) is 18.2 Å². The number of aromatic nitrogens is 1. The molecule has 1 N–H and O–H groups in total. The van der Waals surface area contributed by atoms with Crippen LogP contribution in [0.15, 0.2) is 12.1 Å². The van der Waals surface area contributed by atoms with E-state index in [1.165, 1.54) is 0 Å². The van der Waals surface area contributed by atoms with E-state index in [9.17, 15) is 4.79 Å². The Labute approximate surface area is 112 Å². The summed E-state index contributed by atoms with van der Waals surface area (Å²) in [5.74, 6) is 0.634. The van der Waals surface area contributed by atoms with Gasteiger partial charge in [0.2, 0.25) is 0 Å². The first-order valence-corrected chi connectivity index (χ1v) is 6.64. The number of halogens is 1. The molecule has 1 aliphatic rings. The van der Waals surface area contributed by atoms with Crippen LogP contribution in [0.4, 0.5) is 5.82 Å². The first kappa shape index (κ1) is 13.1. The molecule has 0 saturated carbocycles. The molecular formula is C13H17ClN2O2. The third-order valence-electron chi connectivity index (χ3n) is 3.00. The van der Waals surface area contributed by atoms with Gasteiger partial charge in [0.05, 0.1) is 13.0 Å². The van der Waals surface area contributed by atoms with E-state index in [-0.39, 0.29) is 12.0 Å². The highest BCUT2D eigenvalue weighted by Gasteiger charge is 2.20. The maximum atomic E-state index is 11.5. The van der Waals surface area contributed by atoms with Crippen LogP contribution in [-0.2, 0) is 16.0 Å². The number of nitrogens with one attached hydrogen (secondary N) is 1. The van der Waals surface area contributed by atoms with Gasteiger partial charge in [0, 0.05) is 6.04 Å². The van der Waals surface area contributed by atoms with E-state index in [1.54, 1.807) is 6.07 Å². The number of ether oxygens (including phenoxy) is 1. The summed E-state index contributed by atoms with van der Waals surface area (Å²) in [4.78, 5) is 15.8. The topological polar surface area (TPSA) is 51.2 Å². The number of hydrogen-bond donors (Lipinski definition) is 1. The van der Waals surface area contributed by atoms with E-state index >= 15 is 0 Å². The van der Waals surface area contributed by atoms with Crippen molar-refractivity contribution in [1.29, 1.82) is 0 Å². The molecule has 2 heterocycles. The number of pyridine rings is 1.